The molecule has 16 aromatic carbocycles. The van der Waals surface area contributed by atoms with Crippen molar-refractivity contribution in [3.05, 3.63) is 368 Å². The number of para-hydroxylation sites is 8. The molecule has 0 atom stereocenters. The summed E-state index contributed by atoms with van der Waals surface area (Å²) in [6.07, 6.45) is 0. The van der Waals surface area contributed by atoms with Crippen molar-refractivity contribution >= 4 is 168 Å². The van der Waals surface area contributed by atoms with Crippen LogP contribution in [0.3, 0.4) is 0 Å². The summed E-state index contributed by atoms with van der Waals surface area (Å²) in [6.45, 7) is 0. The lowest BCUT2D eigenvalue weighted by molar-refractivity contribution is 0.426. The van der Waals surface area contributed by atoms with Gasteiger partial charge in [-0.1, -0.05) is 277 Å². The molecule has 6 heterocycles. The monoisotopic (exact) mass is 1440 g/mol. The Kier molecular flexibility index (Phi) is 16.0. The van der Waals surface area contributed by atoms with E-state index in [2.05, 4.69) is 325 Å². The van der Waals surface area contributed by atoms with Gasteiger partial charge in [0.05, 0.1) is 55.5 Å². The van der Waals surface area contributed by atoms with Gasteiger partial charge in [-0.2, -0.15) is 0 Å². The minimum absolute atomic E-state index is 0. The highest BCUT2D eigenvalue weighted by atomic mass is 79.9. The van der Waals surface area contributed by atoms with Crippen molar-refractivity contribution in [3.63, 3.8) is 0 Å². The SMILES string of the molecule is Brc1ccc2c3ccccc3n(-c3ccc(-c4ccccc4)c4c3oc3ccccc34)c2c1.OB(O)c1ccc2c3ccccc3n(-c3ccccc3)c2c1.[B].c1ccc(-c2ccc(-n3c4ccccc4c4ccc(-c5ccc6c7ccccc7n(-c7ccccc7)c6c5)cc43)c3oc4ccccc4c23)cc1. The maximum absolute atomic E-state index is 9.47. The van der Waals surface area contributed by atoms with Crippen LogP contribution in [0.5, 0.6) is 0 Å². The van der Waals surface area contributed by atoms with Crippen LogP contribution in [0.15, 0.2) is 377 Å². The van der Waals surface area contributed by atoms with Gasteiger partial charge in [-0.25, -0.2) is 0 Å². The van der Waals surface area contributed by atoms with Gasteiger partial charge in [0.1, 0.15) is 11.2 Å². The highest BCUT2D eigenvalue weighted by Crippen LogP contribution is 2.46. The molecule has 0 bridgehead atoms. The number of rotatable bonds is 8. The van der Waals surface area contributed by atoms with Crippen LogP contribution in [0.4, 0.5) is 0 Å². The van der Waals surface area contributed by atoms with Crippen molar-refractivity contribution < 1.29 is 18.9 Å². The minimum Gasteiger partial charge on any atom is -0.454 e. The molecule has 11 heteroatoms. The molecule has 0 amide bonds. The average Bonchev–Trinajstić information content (AvgIpc) is 1.59. The van der Waals surface area contributed by atoms with Crippen LogP contribution in [-0.2, 0) is 0 Å². The molecule has 0 unspecified atom stereocenters. The number of benzene rings is 16. The van der Waals surface area contributed by atoms with Crippen LogP contribution in [0.25, 0.3) is 187 Å². The Balaban J connectivity index is 0.000000119. The fraction of sp³-hybridized carbons (Fsp3) is 0. The number of hydrogen-bond acceptors (Lipinski definition) is 4. The van der Waals surface area contributed by atoms with E-state index in [-0.39, 0.29) is 8.41 Å². The van der Waals surface area contributed by atoms with E-state index >= 15 is 0 Å². The Hall–Kier alpha value is -13.2. The molecule has 503 valence electrons. The highest BCUT2D eigenvalue weighted by molar-refractivity contribution is 9.10. The first kappa shape index (κ1) is 64.7. The van der Waals surface area contributed by atoms with Crippen LogP contribution in [0.1, 0.15) is 0 Å². The molecule has 3 radical (unpaired) electrons. The quantitative estimate of drug-likeness (QED) is 0.148. The molecule has 107 heavy (non-hydrogen) atoms. The van der Waals surface area contributed by atoms with Crippen LogP contribution in [-0.4, -0.2) is 43.8 Å². The summed E-state index contributed by atoms with van der Waals surface area (Å²) < 4.78 is 23.7. The van der Waals surface area contributed by atoms with Crippen molar-refractivity contribution in [1.29, 1.82) is 0 Å². The second-order valence-electron chi connectivity index (χ2n) is 27.0. The maximum atomic E-state index is 9.47. The molecule has 2 N–H and O–H groups in total. The van der Waals surface area contributed by atoms with E-state index in [0.29, 0.717) is 5.46 Å². The summed E-state index contributed by atoms with van der Waals surface area (Å²) in [5.74, 6) is 0. The fourth-order valence-electron chi connectivity index (χ4n) is 16.3. The predicted octanol–water partition coefficient (Wildman–Crippen LogP) is 24.3. The van der Waals surface area contributed by atoms with Crippen molar-refractivity contribution in [2.45, 2.75) is 0 Å². The molecule has 22 rings (SSSR count). The number of aromatic nitrogens is 4. The Bertz CT molecular complexity index is 7200. The molecule has 0 saturated carbocycles. The number of nitrogens with zero attached hydrogens (tertiary/aromatic N) is 4. The van der Waals surface area contributed by atoms with Gasteiger partial charge in [-0.15, -0.1) is 0 Å². The molecular formula is C96H62B2BrN4O4. The number of hydrogen-bond donors (Lipinski definition) is 2. The number of fused-ring (bicyclic) bond motifs is 18. The normalized spacial score (nSPS) is 11.6. The fourth-order valence-corrected chi connectivity index (χ4v) is 16.7. The average molecular weight is 1440 g/mol. The molecule has 6 aromatic heterocycles. The van der Waals surface area contributed by atoms with Crippen LogP contribution in [0.2, 0.25) is 0 Å². The number of furan rings is 2. The summed E-state index contributed by atoms with van der Waals surface area (Å²) in [5, 5.41) is 33.1. The molecule has 0 aliphatic carbocycles. The zero-order chi connectivity index (χ0) is 70.5. The topological polar surface area (TPSA) is 86.5 Å². The van der Waals surface area contributed by atoms with Gasteiger partial charge in [-0.3, -0.25) is 0 Å². The van der Waals surface area contributed by atoms with E-state index in [1.54, 1.807) is 6.07 Å². The van der Waals surface area contributed by atoms with Gasteiger partial charge in [0.15, 0.2) is 11.2 Å². The van der Waals surface area contributed by atoms with Gasteiger partial charge in [0.2, 0.25) is 0 Å². The third-order valence-electron chi connectivity index (χ3n) is 21.0. The van der Waals surface area contributed by atoms with Gasteiger partial charge in [-0.05, 0) is 142 Å². The third-order valence-corrected chi connectivity index (χ3v) is 21.5. The maximum Gasteiger partial charge on any atom is 0.488 e. The minimum atomic E-state index is -1.47. The summed E-state index contributed by atoms with van der Waals surface area (Å²) >= 11 is 3.68. The lowest BCUT2D eigenvalue weighted by Gasteiger charge is -2.12. The van der Waals surface area contributed by atoms with Crippen molar-refractivity contribution in [2.75, 3.05) is 0 Å². The van der Waals surface area contributed by atoms with Crippen molar-refractivity contribution in [3.8, 4) is 56.1 Å². The van der Waals surface area contributed by atoms with Crippen LogP contribution < -0.4 is 5.46 Å². The molecule has 0 aliphatic rings. The molecular weight excluding hydrogens is 1370 g/mol. The first-order valence-corrected chi connectivity index (χ1v) is 36.4. The second kappa shape index (κ2) is 26.5. The summed E-state index contributed by atoms with van der Waals surface area (Å²) in [7, 11) is -1.47. The van der Waals surface area contributed by atoms with Gasteiger partial charge < -0.3 is 37.2 Å². The van der Waals surface area contributed by atoms with Crippen LogP contribution >= 0.6 is 15.9 Å². The largest absolute Gasteiger partial charge is 0.488 e. The highest BCUT2D eigenvalue weighted by Gasteiger charge is 2.25. The van der Waals surface area contributed by atoms with E-state index in [1.807, 2.05) is 66.7 Å². The number of halogens is 1. The molecule has 0 aliphatic heterocycles. The second-order valence-corrected chi connectivity index (χ2v) is 27.9. The van der Waals surface area contributed by atoms with Gasteiger partial charge >= 0.3 is 7.12 Å². The molecule has 22 aromatic rings. The van der Waals surface area contributed by atoms with E-state index in [4.69, 9.17) is 8.83 Å². The Morgan fingerprint density at radius 1 is 0.252 bits per heavy atom. The van der Waals surface area contributed by atoms with Crippen molar-refractivity contribution in [1.82, 2.24) is 18.3 Å². The molecule has 0 spiro atoms. The Morgan fingerprint density at radius 3 is 0.991 bits per heavy atom. The van der Waals surface area contributed by atoms with E-state index in [9.17, 15) is 10.0 Å². The first-order chi connectivity index (χ1) is 52.4. The summed E-state index contributed by atoms with van der Waals surface area (Å²) in [6, 6.07) is 128. The summed E-state index contributed by atoms with van der Waals surface area (Å²) in [4.78, 5) is 0. The van der Waals surface area contributed by atoms with E-state index in [1.165, 1.54) is 82.2 Å². The zero-order valence-electron chi connectivity index (χ0n) is 57.7. The third kappa shape index (κ3) is 10.8. The van der Waals surface area contributed by atoms with Crippen molar-refractivity contribution in [2.24, 2.45) is 0 Å². The lowest BCUT2D eigenvalue weighted by atomic mass is 9.80. The van der Waals surface area contributed by atoms with Gasteiger partial charge in [0.25, 0.3) is 0 Å². The molecule has 0 saturated heterocycles. The van der Waals surface area contributed by atoms with E-state index < -0.39 is 7.12 Å². The lowest BCUT2D eigenvalue weighted by Crippen LogP contribution is -2.29. The first-order valence-electron chi connectivity index (χ1n) is 35.6. The molecule has 8 nitrogen and oxygen atoms in total. The Morgan fingerprint density at radius 2 is 0.570 bits per heavy atom. The smallest absolute Gasteiger partial charge is 0.454 e. The van der Waals surface area contributed by atoms with Crippen LogP contribution in [0, 0.1) is 0 Å². The standard InChI is InChI=1S/C48H30N2O.C30H18BrNO.C18H14BNO2.B/c1-3-13-31(14-4-1)35-27-28-43(48-47(35)40-19-9-12-22-46(40)51-48)50-42-21-11-8-18-37(42)39-26-24-33(30-45(39)50)32-23-25-38-36-17-7-10-20-41(36)49(44(38)29-32)34-15-5-2-6-16-34;31-20-14-15-23-22-10-4-6-12-25(22)32(27(23)18-20)26-17-16-21(19-8-2-1-3-9-19)29-24-11-5-7-13-28(24)33-30(26)29;21-19(22)13-10-11-16-15-8-4-5-9-17(15)20(18(16)12-13)14-6-2-1-3-7-14;/h1-30H;1-18H;1-12,21-22H;. The molecule has 0 fully saturated rings. The summed E-state index contributed by atoms with van der Waals surface area (Å²) in [5.41, 5.74) is 24.5. The van der Waals surface area contributed by atoms with Gasteiger partial charge in [0, 0.05) is 88.9 Å². The predicted molar refractivity (Wildman–Crippen MR) is 451 cm³/mol. The van der Waals surface area contributed by atoms with E-state index in [0.717, 1.165) is 109 Å². The zero-order valence-corrected chi connectivity index (χ0v) is 59.3. The Labute approximate surface area is 625 Å².